The predicted octanol–water partition coefficient (Wildman–Crippen LogP) is 2.23. The molecule has 0 saturated carbocycles. The van der Waals surface area contributed by atoms with E-state index in [0.717, 1.165) is 10.6 Å². The number of nitrogens with one attached hydrogen (secondary N) is 2. The third-order valence-electron chi connectivity index (χ3n) is 4.69. The minimum Gasteiger partial charge on any atom is -0.369 e. The number of nitrogens with zero attached hydrogens (tertiary/aromatic N) is 2. The first-order chi connectivity index (χ1) is 13.9. The van der Waals surface area contributed by atoms with Crippen LogP contribution >= 0.6 is 11.3 Å². The Balaban J connectivity index is 1.35. The normalized spacial score (nSPS) is 15.3. The van der Waals surface area contributed by atoms with E-state index in [1.165, 1.54) is 16.4 Å². The van der Waals surface area contributed by atoms with Crippen LogP contribution in [0, 0.1) is 5.82 Å². The fourth-order valence-electron chi connectivity index (χ4n) is 3.11. The lowest BCUT2D eigenvalue weighted by Gasteiger charge is -2.35. The van der Waals surface area contributed by atoms with E-state index in [-0.39, 0.29) is 17.6 Å². The van der Waals surface area contributed by atoms with Crippen molar-refractivity contribution in [3.63, 3.8) is 0 Å². The van der Waals surface area contributed by atoms with Gasteiger partial charge in [-0.1, -0.05) is 6.07 Å². The largest absolute Gasteiger partial charge is 0.369 e. The molecule has 0 aliphatic carbocycles. The van der Waals surface area contributed by atoms with E-state index in [2.05, 4.69) is 10.6 Å². The maximum atomic E-state index is 13.0. The van der Waals surface area contributed by atoms with Gasteiger partial charge in [-0.2, -0.15) is 4.31 Å². The van der Waals surface area contributed by atoms with Gasteiger partial charge in [0.15, 0.2) is 0 Å². The Bertz CT molecular complexity index is 881. The van der Waals surface area contributed by atoms with Crippen LogP contribution in [0.5, 0.6) is 0 Å². The number of sulfonamides is 1. The highest BCUT2D eigenvalue weighted by atomic mass is 32.2. The van der Waals surface area contributed by atoms with Crippen LogP contribution in [0.25, 0.3) is 0 Å². The smallest absolute Gasteiger partial charge is 0.315 e. The molecule has 1 saturated heterocycles. The van der Waals surface area contributed by atoms with Crippen molar-refractivity contribution in [3.05, 3.63) is 52.5 Å². The Labute approximate surface area is 174 Å². The number of halogens is 1. The van der Waals surface area contributed by atoms with Crippen molar-refractivity contribution in [3.8, 4) is 0 Å². The van der Waals surface area contributed by atoms with Crippen LogP contribution in [0.15, 0.2) is 41.8 Å². The minimum atomic E-state index is -3.36. The molecule has 29 heavy (non-hydrogen) atoms. The molecule has 0 unspecified atom stereocenters. The Kier molecular flexibility index (Phi) is 7.45. The van der Waals surface area contributed by atoms with Crippen LogP contribution in [0.4, 0.5) is 14.9 Å². The zero-order valence-corrected chi connectivity index (χ0v) is 17.6. The third kappa shape index (κ3) is 6.41. The summed E-state index contributed by atoms with van der Waals surface area (Å²) >= 11 is 1.56. The molecule has 158 valence electrons. The predicted molar refractivity (Wildman–Crippen MR) is 113 cm³/mol. The zero-order chi connectivity index (χ0) is 20.7. The molecule has 2 aromatic rings. The molecule has 1 aromatic carbocycles. The molecule has 0 spiro atoms. The second kappa shape index (κ2) is 10.0. The van der Waals surface area contributed by atoms with E-state index in [1.807, 2.05) is 22.4 Å². The van der Waals surface area contributed by atoms with Gasteiger partial charge in [-0.15, -0.1) is 11.3 Å². The second-order valence-corrected chi connectivity index (χ2v) is 9.84. The number of urea groups is 1. The maximum Gasteiger partial charge on any atom is 0.315 e. The first kappa shape index (κ1) is 21.5. The molecule has 2 heterocycles. The van der Waals surface area contributed by atoms with Gasteiger partial charge in [0.1, 0.15) is 5.82 Å². The number of thiophene rings is 1. The summed E-state index contributed by atoms with van der Waals surface area (Å²) in [6, 6.07) is 9.77. The molecule has 2 amide bonds. The van der Waals surface area contributed by atoms with Crippen LogP contribution in [0.1, 0.15) is 11.3 Å². The van der Waals surface area contributed by atoms with E-state index in [9.17, 15) is 17.6 Å². The van der Waals surface area contributed by atoms with Gasteiger partial charge < -0.3 is 15.5 Å². The zero-order valence-electron chi connectivity index (χ0n) is 16.0. The van der Waals surface area contributed by atoms with Gasteiger partial charge in [-0.25, -0.2) is 17.6 Å². The van der Waals surface area contributed by atoms with E-state index in [4.69, 9.17) is 0 Å². The lowest BCUT2D eigenvalue weighted by atomic mass is 10.2. The summed E-state index contributed by atoms with van der Waals surface area (Å²) in [5, 5.41) is 7.37. The Hall–Kier alpha value is -2.17. The molecule has 1 aliphatic rings. The molecular weight excluding hydrogens is 415 g/mol. The van der Waals surface area contributed by atoms with Crippen molar-refractivity contribution in [2.24, 2.45) is 0 Å². The van der Waals surface area contributed by atoms with Gasteiger partial charge in [0.2, 0.25) is 10.0 Å². The third-order valence-corrected chi connectivity index (χ3v) is 7.52. The SMILES string of the molecule is O=C(NCCCS(=O)(=O)N1CCN(c2ccc(F)cc2)CC1)NCc1cccs1. The first-order valence-corrected chi connectivity index (χ1v) is 12.0. The molecule has 0 radical (unpaired) electrons. The molecule has 10 heteroatoms. The summed E-state index contributed by atoms with van der Waals surface area (Å²) in [6.45, 7) is 2.68. The van der Waals surface area contributed by atoms with Crippen LogP contribution < -0.4 is 15.5 Å². The van der Waals surface area contributed by atoms with Gasteiger partial charge in [0.05, 0.1) is 12.3 Å². The maximum absolute atomic E-state index is 13.0. The Morgan fingerprint density at radius 3 is 2.45 bits per heavy atom. The number of anilines is 1. The summed E-state index contributed by atoms with van der Waals surface area (Å²) in [5.41, 5.74) is 0.890. The topological polar surface area (TPSA) is 81.8 Å². The molecule has 1 aromatic heterocycles. The number of hydrogen-bond donors (Lipinski definition) is 2. The molecule has 0 atom stereocenters. The highest BCUT2D eigenvalue weighted by Gasteiger charge is 2.26. The molecular formula is C19H25FN4O3S2. The Morgan fingerprint density at radius 1 is 1.07 bits per heavy atom. The fraction of sp³-hybridized carbons (Fsp3) is 0.421. The minimum absolute atomic E-state index is 0.00521. The number of amides is 2. The van der Waals surface area contributed by atoms with Crippen molar-refractivity contribution < 1.29 is 17.6 Å². The number of carbonyl (C=O) groups is 1. The number of piperazine rings is 1. The standard InChI is InChI=1S/C19H25FN4O3S2/c20-16-4-6-17(7-5-16)23-9-11-24(12-10-23)29(26,27)14-2-8-21-19(25)22-15-18-3-1-13-28-18/h1,3-7,13H,2,8-12,14-15H2,(H2,21,22,25). The molecule has 3 rings (SSSR count). The average molecular weight is 441 g/mol. The van der Waals surface area contributed by atoms with E-state index >= 15 is 0 Å². The second-order valence-electron chi connectivity index (χ2n) is 6.72. The molecule has 1 fully saturated rings. The molecule has 7 nitrogen and oxygen atoms in total. The number of rotatable bonds is 8. The molecule has 0 bridgehead atoms. The van der Waals surface area contributed by atoms with Crippen LogP contribution in [-0.4, -0.2) is 57.2 Å². The van der Waals surface area contributed by atoms with Crippen LogP contribution in [0.3, 0.4) is 0 Å². The number of benzene rings is 1. The quantitative estimate of drug-likeness (QED) is 0.617. The summed E-state index contributed by atoms with van der Waals surface area (Å²) < 4.78 is 39.6. The van der Waals surface area contributed by atoms with Gasteiger partial charge in [-0.3, -0.25) is 0 Å². The fourth-order valence-corrected chi connectivity index (χ4v) is 5.24. The van der Waals surface area contributed by atoms with Gasteiger partial charge in [0.25, 0.3) is 0 Å². The number of hydrogen-bond acceptors (Lipinski definition) is 5. The van der Waals surface area contributed by atoms with Crippen molar-refractivity contribution in [2.75, 3.05) is 43.4 Å². The van der Waals surface area contributed by atoms with Crippen molar-refractivity contribution in [1.29, 1.82) is 0 Å². The summed E-state index contributed by atoms with van der Waals surface area (Å²) in [4.78, 5) is 14.9. The van der Waals surface area contributed by atoms with Crippen LogP contribution in [-0.2, 0) is 16.6 Å². The van der Waals surface area contributed by atoms with Crippen molar-refractivity contribution in [1.82, 2.24) is 14.9 Å². The van der Waals surface area contributed by atoms with Crippen molar-refractivity contribution >= 4 is 33.1 Å². The lowest BCUT2D eigenvalue weighted by molar-refractivity contribution is 0.240. The molecule has 1 aliphatic heterocycles. The Morgan fingerprint density at radius 2 is 1.79 bits per heavy atom. The first-order valence-electron chi connectivity index (χ1n) is 9.46. The monoisotopic (exact) mass is 440 g/mol. The lowest BCUT2D eigenvalue weighted by Crippen LogP contribution is -2.49. The van der Waals surface area contributed by atoms with Gasteiger partial charge >= 0.3 is 6.03 Å². The van der Waals surface area contributed by atoms with E-state index < -0.39 is 10.0 Å². The number of carbonyl (C=O) groups excluding carboxylic acids is 1. The highest BCUT2D eigenvalue weighted by Crippen LogP contribution is 2.18. The summed E-state index contributed by atoms with van der Waals surface area (Å²) in [5.74, 6) is -0.293. The summed E-state index contributed by atoms with van der Waals surface area (Å²) in [6.07, 6.45) is 0.354. The van der Waals surface area contributed by atoms with Gasteiger partial charge in [0, 0.05) is 43.3 Å². The van der Waals surface area contributed by atoms with Crippen molar-refractivity contribution in [2.45, 2.75) is 13.0 Å². The van der Waals surface area contributed by atoms with Gasteiger partial charge in [-0.05, 0) is 42.1 Å². The molecule has 2 N–H and O–H groups in total. The average Bonchev–Trinajstić information content (AvgIpc) is 3.24. The van der Waals surface area contributed by atoms with E-state index in [0.29, 0.717) is 45.7 Å². The summed E-state index contributed by atoms with van der Waals surface area (Å²) in [7, 11) is -3.36. The van der Waals surface area contributed by atoms with Crippen LogP contribution in [0.2, 0.25) is 0 Å². The van der Waals surface area contributed by atoms with E-state index in [1.54, 1.807) is 23.5 Å². The highest BCUT2D eigenvalue weighted by molar-refractivity contribution is 7.89.